The quantitative estimate of drug-likeness (QED) is 0.903. The van der Waals surface area contributed by atoms with E-state index in [1.165, 1.54) is 0 Å². The Morgan fingerprint density at radius 1 is 1.42 bits per heavy atom. The van der Waals surface area contributed by atoms with E-state index in [0.717, 1.165) is 10.0 Å². The van der Waals surface area contributed by atoms with Gasteiger partial charge < -0.3 is 10.6 Å². The summed E-state index contributed by atoms with van der Waals surface area (Å²) in [4.78, 5) is 14.3. The van der Waals surface area contributed by atoms with E-state index in [0.29, 0.717) is 25.2 Å². The molecule has 0 unspecified atom stereocenters. The van der Waals surface area contributed by atoms with E-state index in [4.69, 9.17) is 5.73 Å². The minimum Gasteiger partial charge on any atom is -0.338 e. The molecule has 4 heteroatoms. The van der Waals surface area contributed by atoms with Crippen molar-refractivity contribution in [3.8, 4) is 0 Å². The van der Waals surface area contributed by atoms with Crippen molar-refractivity contribution in [1.29, 1.82) is 0 Å². The van der Waals surface area contributed by atoms with Crippen LogP contribution in [-0.2, 0) is 0 Å². The second kappa shape index (κ2) is 6.53. The van der Waals surface area contributed by atoms with Crippen LogP contribution in [0, 0.1) is 12.3 Å². The third kappa shape index (κ3) is 4.32. The van der Waals surface area contributed by atoms with E-state index in [1.54, 1.807) is 0 Å². The predicted octanol–water partition coefficient (Wildman–Crippen LogP) is 3.20. The van der Waals surface area contributed by atoms with Gasteiger partial charge >= 0.3 is 0 Å². The molecule has 0 aromatic heterocycles. The molecule has 1 aromatic carbocycles. The molecule has 1 amide bonds. The lowest BCUT2D eigenvalue weighted by atomic mass is 9.93. The molecule has 0 heterocycles. The lowest BCUT2D eigenvalue weighted by Gasteiger charge is -2.31. The molecule has 0 saturated carbocycles. The number of nitrogens with zero attached hydrogens (tertiary/aromatic N) is 1. The summed E-state index contributed by atoms with van der Waals surface area (Å²) in [5.41, 5.74) is 7.53. The Morgan fingerprint density at radius 2 is 2.05 bits per heavy atom. The Labute approximate surface area is 124 Å². The molecular formula is C15H23BrN2O. The summed E-state index contributed by atoms with van der Waals surface area (Å²) in [7, 11) is 0. The number of benzene rings is 1. The number of hydrogen-bond acceptors (Lipinski definition) is 2. The Balaban J connectivity index is 2.92. The van der Waals surface area contributed by atoms with Crippen LogP contribution in [-0.4, -0.2) is 30.4 Å². The molecule has 1 rings (SSSR count). The number of halogens is 1. The van der Waals surface area contributed by atoms with E-state index >= 15 is 0 Å². The van der Waals surface area contributed by atoms with Crippen molar-refractivity contribution in [2.24, 2.45) is 11.1 Å². The second-order valence-corrected chi connectivity index (χ2v) is 6.51. The SMILES string of the molecule is CCN(CC(C)(C)CN)C(=O)c1ccc(C)c(Br)c1. The van der Waals surface area contributed by atoms with Crippen molar-refractivity contribution in [3.05, 3.63) is 33.8 Å². The van der Waals surface area contributed by atoms with Crippen molar-refractivity contribution in [2.75, 3.05) is 19.6 Å². The molecule has 0 aliphatic rings. The van der Waals surface area contributed by atoms with Gasteiger partial charge in [-0.25, -0.2) is 0 Å². The van der Waals surface area contributed by atoms with Gasteiger partial charge in [0.25, 0.3) is 5.91 Å². The highest BCUT2D eigenvalue weighted by atomic mass is 79.9. The molecule has 1 aromatic rings. The average Bonchev–Trinajstić information content (AvgIpc) is 2.38. The van der Waals surface area contributed by atoms with Crippen molar-refractivity contribution in [2.45, 2.75) is 27.7 Å². The molecule has 0 fully saturated rings. The van der Waals surface area contributed by atoms with Gasteiger partial charge in [-0.2, -0.15) is 0 Å². The van der Waals surface area contributed by atoms with Gasteiger partial charge in [0.1, 0.15) is 0 Å². The average molecular weight is 327 g/mol. The molecule has 0 radical (unpaired) electrons. The van der Waals surface area contributed by atoms with E-state index in [1.807, 2.05) is 36.9 Å². The monoisotopic (exact) mass is 326 g/mol. The van der Waals surface area contributed by atoms with E-state index in [2.05, 4.69) is 29.8 Å². The molecule has 0 saturated heterocycles. The van der Waals surface area contributed by atoms with Gasteiger partial charge in [0.2, 0.25) is 0 Å². The molecular weight excluding hydrogens is 304 g/mol. The molecule has 0 atom stereocenters. The fourth-order valence-corrected chi connectivity index (χ4v) is 2.20. The van der Waals surface area contributed by atoms with E-state index < -0.39 is 0 Å². The van der Waals surface area contributed by atoms with Crippen molar-refractivity contribution in [3.63, 3.8) is 0 Å². The normalized spacial score (nSPS) is 11.5. The Morgan fingerprint density at radius 3 is 2.53 bits per heavy atom. The molecule has 0 bridgehead atoms. The zero-order valence-electron chi connectivity index (χ0n) is 12.2. The van der Waals surface area contributed by atoms with Gasteiger partial charge in [0.05, 0.1) is 0 Å². The first kappa shape index (κ1) is 16.2. The highest BCUT2D eigenvalue weighted by Crippen LogP contribution is 2.21. The van der Waals surface area contributed by atoms with Crippen molar-refractivity contribution >= 4 is 21.8 Å². The van der Waals surface area contributed by atoms with E-state index in [9.17, 15) is 4.79 Å². The highest BCUT2D eigenvalue weighted by molar-refractivity contribution is 9.10. The summed E-state index contributed by atoms with van der Waals surface area (Å²) in [6.45, 7) is 10.1. The minimum atomic E-state index is -0.0619. The summed E-state index contributed by atoms with van der Waals surface area (Å²) in [6, 6.07) is 5.72. The van der Waals surface area contributed by atoms with Crippen molar-refractivity contribution in [1.82, 2.24) is 4.90 Å². The van der Waals surface area contributed by atoms with Gasteiger partial charge in [-0.05, 0) is 43.5 Å². The summed E-state index contributed by atoms with van der Waals surface area (Å²) in [5, 5.41) is 0. The van der Waals surface area contributed by atoms with Crippen LogP contribution in [0.15, 0.2) is 22.7 Å². The van der Waals surface area contributed by atoms with Crippen molar-refractivity contribution < 1.29 is 4.79 Å². The first-order chi connectivity index (χ1) is 8.80. The van der Waals surface area contributed by atoms with Crippen LogP contribution in [0.5, 0.6) is 0 Å². The van der Waals surface area contributed by atoms with E-state index in [-0.39, 0.29) is 11.3 Å². The first-order valence-corrected chi connectivity index (χ1v) is 7.35. The first-order valence-electron chi connectivity index (χ1n) is 6.56. The van der Waals surface area contributed by atoms with Gasteiger partial charge in [0.15, 0.2) is 0 Å². The minimum absolute atomic E-state index is 0.0599. The number of rotatable bonds is 5. The second-order valence-electron chi connectivity index (χ2n) is 5.65. The zero-order valence-corrected chi connectivity index (χ0v) is 13.8. The summed E-state index contributed by atoms with van der Waals surface area (Å²) >= 11 is 3.47. The number of aryl methyl sites for hydroxylation is 1. The third-order valence-corrected chi connectivity index (χ3v) is 4.11. The molecule has 2 N–H and O–H groups in total. The molecule has 0 spiro atoms. The van der Waals surface area contributed by atoms with Crippen LogP contribution in [0.25, 0.3) is 0 Å². The maximum Gasteiger partial charge on any atom is 0.253 e. The standard InChI is InChI=1S/C15H23BrN2O/c1-5-18(10-15(3,4)9-17)14(19)12-7-6-11(2)13(16)8-12/h6-8H,5,9-10,17H2,1-4H3. The fraction of sp³-hybridized carbons (Fsp3) is 0.533. The predicted molar refractivity (Wildman–Crippen MR) is 83.3 cm³/mol. The summed E-state index contributed by atoms with van der Waals surface area (Å²) in [5.74, 6) is 0.0599. The Bertz CT molecular complexity index is 457. The van der Waals surface area contributed by atoms with Gasteiger partial charge in [-0.1, -0.05) is 35.8 Å². The number of amides is 1. The van der Waals surface area contributed by atoms with Gasteiger partial charge in [0, 0.05) is 23.1 Å². The molecule has 19 heavy (non-hydrogen) atoms. The summed E-state index contributed by atoms with van der Waals surface area (Å²) in [6.07, 6.45) is 0. The number of hydrogen-bond donors (Lipinski definition) is 1. The molecule has 106 valence electrons. The van der Waals surface area contributed by atoms with Crippen LogP contribution in [0.3, 0.4) is 0 Å². The summed E-state index contributed by atoms with van der Waals surface area (Å²) < 4.78 is 0.965. The van der Waals surface area contributed by atoms with Gasteiger partial charge in [-0.15, -0.1) is 0 Å². The largest absolute Gasteiger partial charge is 0.338 e. The number of carbonyl (C=O) groups excluding carboxylic acids is 1. The highest BCUT2D eigenvalue weighted by Gasteiger charge is 2.23. The Hall–Kier alpha value is -0.870. The van der Waals surface area contributed by atoms with Crippen LogP contribution in [0.2, 0.25) is 0 Å². The zero-order chi connectivity index (χ0) is 14.6. The van der Waals surface area contributed by atoms with Crippen LogP contribution in [0.4, 0.5) is 0 Å². The van der Waals surface area contributed by atoms with Crippen LogP contribution in [0.1, 0.15) is 36.7 Å². The third-order valence-electron chi connectivity index (χ3n) is 3.26. The number of nitrogens with two attached hydrogens (primary N) is 1. The molecule has 0 aliphatic heterocycles. The maximum atomic E-state index is 12.5. The van der Waals surface area contributed by atoms with Crippen LogP contribution >= 0.6 is 15.9 Å². The topological polar surface area (TPSA) is 46.3 Å². The molecule has 3 nitrogen and oxygen atoms in total. The fourth-order valence-electron chi connectivity index (χ4n) is 1.82. The lowest BCUT2D eigenvalue weighted by molar-refractivity contribution is 0.0701. The number of carbonyl (C=O) groups is 1. The van der Waals surface area contributed by atoms with Gasteiger partial charge in [-0.3, -0.25) is 4.79 Å². The maximum absolute atomic E-state index is 12.5. The lowest BCUT2D eigenvalue weighted by Crippen LogP contribution is -2.42. The van der Waals surface area contributed by atoms with Crippen LogP contribution < -0.4 is 5.73 Å². The smallest absolute Gasteiger partial charge is 0.253 e. The molecule has 0 aliphatic carbocycles. The Kier molecular flexibility index (Phi) is 5.56.